The average Bonchev–Trinajstić information content (AvgIpc) is 2.42. The van der Waals surface area contributed by atoms with Crippen molar-refractivity contribution in [3.63, 3.8) is 0 Å². The van der Waals surface area contributed by atoms with Crippen LogP contribution in [0.15, 0.2) is 30.9 Å². The van der Waals surface area contributed by atoms with Crippen LogP contribution in [0.3, 0.4) is 0 Å². The van der Waals surface area contributed by atoms with Crippen LogP contribution in [0, 0.1) is 0 Å². The third-order valence-electron chi connectivity index (χ3n) is 2.89. The Balaban J connectivity index is 2.38. The van der Waals surface area contributed by atoms with Crippen LogP contribution in [0.25, 0.3) is 0 Å². The molecular weight excluding hydrogens is 246 g/mol. The molecule has 0 saturated carbocycles. The van der Waals surface area contributed by atoms with Gasteiger partial charge in [-0.2, -0.15) is 0 Å². The molecule has 1 aliphatic heterocycles. The summed E-state index contributed by atoms with van der Waals surface area (Å²) >= 11 is 0. The van der Waals surface area contributed by atoms with Crippen molar-refractivity contribution in [1.82, 2.24) is 0 Å². The lowest BCUT2D eigenvalue weighted by atomic mass is 10.1. The van der Waals surface area contributed by atoms with E-state index in [1.54, 1.807) is 12.1 Å². The lowest BCUT2D eigenvalue weighted by molar-refractivity contribution is -0.140. The molecule has 1 amide bonds. The van der Waals surface area contributed by atoms with Crippen LogP contribution in [0.1, 0.15) is 5.56 Å². The number of allylic oxidation sites excluding steroid dienone is 1. The van der Waals surface area contributed by atoms with Crippen molar-refractivity contribution in [2.24, 2.45) is 0 Å². The molecule has 100 valence electrons. The van der Waals surface area contributed by atoms with Gasteiger partial charge in [-0.3, -0.25) is 14.5 Å². The number of hydrogen-bond donors (Lipinski definition) is 0. The highest BCUT2D eigenvalue weighted by Gasteiger charge is 2.28. The molecule has 0 saturated heterocycles. The number of anilines is 1. The molecule has 0 N–H and O–H groups in total. The summed E-state index contributed by atoms with van der Waals surface area (Å²) in [6.45, 7) is 3.51. The van der Waals surface area contributed by atoms with Crippen LogP contribution in [-0.2, 0) is 20.7 Å². The molecule has 1 aliphatic rings. The maximum Gasteiger partial charge on any atom is 0.325 e. The van der Waals surface area contributed by atoms with E-state index in [0.717, 1.165) is 5.56 Å². The quantitative estimate of drug-likeness (QED) is 0.606. The first-order valence-electron chi connectivity index (χ1n) is 5.90. The zero-order valence-electron chi connectivity index (χ0n) is 10.7. The van der Waals surface area contributed by atoms with E-state index in [4.69, 9.17) is 4.74 Å². The minimum atomic E-state index is -0.463. The molecule has 0 atom stereocenters. The monoisotopic (exact) mass is 261 g/mol. The van der Waals surface area contributed by atoms with Crippen LogP contribution in [0.4, 0.5) is 5.69 Å². The van der Waals surface area contributed by atoms with Crippen molar-refractivity contribution in [1.29, 1.82) is 0 Å². The Morgan fingerprint density at radius 3 is 3.05 bits per heavy atom. The summed E-state index contributed by atoms with van der Waals surface area (Å²) in [6, 6.07) is 5.48. The summed E-state index contributed by atoms with van der Waals surface area (Å²) in [6.07, 6.45) is 2.41. The number of carbonyl (C=O) groups is 2. The third-order valence-corrected chi connectivity index (χ3v) is 2.89. The van der Waals surface area contributed by atoms with Crippen molar-refractivity contribution in [3.8, 4) is 5.75 Å². The Morgan fingerprint density at radius 2 is 2.37 bits per heavy atom. The van der Waals surface area contributed by atoms with Gasteiger partial charge < -0.3 is 9.47 Å². The van der Waals surface area contributed by atoms with Gasteiger partial charge in [0.1, 0.15) is 12.3 Å². The number of esters is 1. The second-order valence-electron chi connectivity index (χ2n) is 4.10. The van der Waals surface area contributed by atoms with Gasteiger partial charge in [0.05, 0.1) is 12.8 Å². The van der Waals surface area contributed by atoms with E-state index in [1.807, 2.05) is 12.1 Å². The molecule has 0 radical (unpaired) electrons. The normalized spacial score (nSPS) is 13.5. The first-order valence-corrected chi connectivity index (χ1v) is 5.90. The van der Waals surface area contributed by atoms with Gasteiger partial charge in [-0.25, -0.2) is 0 Å². The SMILES string of the molecule is C=CCc1cccc2c1OCC(=O)N2CC(=O)OC. The Hall–Kier alpha value is -2.30. The summed E-state index contributed by atoms with van der Waals surface area (Å²) in [5, 5.41) is 0. The summed E-state index contributed by atoms with van der Waals surface area (Å²) in [7, 11) is 1.29. The smallest absolute Gasteiger partial charge is 0.325 e. The summed E-state index contributed by atoms with van der Waals surface area (Å²) in [4.78, 5) is 24.6. The average molecular weight is 261 g/mol. The van der Waals surface area contributed by atoms with Crippen LogP contribution in [-0.4, -0.2) is 32.1 Å². The van der Waals surface area contributed by atoms with Crippen molar-refractivity contribution >= 4 is 17.6 Å². The van der Waals surface area contributed by atoms with Gasteiger partial charge in [0.15, 0.2) is 6.61 Å². The molecule has 0 spiro atoms. The fourth-order valence-corrected chi connectivity index (χ4v) is 1.98. The number of nitrogens with zero attached hydrogens (tertiary/aromatic N) is 1. The van der Waals surface area contributed by atoms with Gasteiger partial charge in [0.25, 0.3) is 5.91 Å². The van der Waals surface area contributed by atoms with Gasteiger partial charge in [-0.05, 0) is 12.5 Å². The second kappa shape index (κ2) is 5.56. The minimum Gasteiger partial charge on any atom is -0.481 e. The lowest BCUT2D eigenvalue weighted by Crippen LogP contribution is -2.42. The maximum atomic E-state index is 11.9. The molecule has 0 fully saturated rings. The standard InChI is InChI=1S/C14H15NO4/c1-3-5-10-6-4-7-11-14(10)19-9-12(16)15(11)8-13(17)18-2/h3-4,6-7H,1,5,8-9H2,2H3. The van der Waals surface area contributed by atoms with E-state index in [2.05, 4.69) is 11.3 Å². The number of para-hydroxylation sites is 1. The van der Waals surface area contributed by atoms with E-state index in [9.17, 15) is 9.59 Å². The number of fused-ring (bicyclic) bond motifs is 1. The minimum absolute atomic E-state index is 0.0713. The van der Waals surface area contributed by atoms with E-state index in [-0.39, 0.29) is 19.1 Å². The van der Waals surface area contributed by atoms with Crippen molar-refractivity contribution < 1.29 is 19.1 Å². The Bertz CT molecular complexity index is 524. The first-order chi connectivity index (χ1) is 9.17. The number of benzene rings is 1. The molecule has 19 heavy (non-hydrogen) atoms. The summed E-state index contributed by atoms with van der Waals surface area (Å²) in [5.74, 6) is -0.0881. The third kappa shape index (κ3) is 2.59. The van der Waals surface area contributed by atoms with Crippen LogP contribution in [0.2, 0.25) is 0 Å². The fourth-order valence-electron chi connectivity index (χ4n) is 1.98. The Morgan fingerprint density at radius 1 is 1.58 bits per heavy atom. The molecule has 0 aliphatic carbocycles. The summed E-state index contributed by atoms with van der Waals surface area (Å²) < 4.78 is 10.1. The van der Waals surface area contributed by atoms with Gasteiger partial charge in [0.2, 0.25) is 0 Å². The van der Waals surface area contributed by atoms with E-state index in [0.29, 0.717) is 17.9 Å². The topological polar surface area (TPSA) is 55.8 Å². The molecule has 0 unspecified atom stereocenters. The summed E-state index contributed by atoms with van der Waals surface area (Å²) in [5.41, 5.74) is 1.54. The van der Waals surface area contributed by atoms with Crippen LogP contribution < -0.4 is 9.64 Å². The van der Waals surface area contributed by atoms with Crippen molar-refractivity contribution in [2.75, 3.05) is 25.2 Å². The van der Waals surface area contributed by atoms with Gasteiger partial charge in [0, 0.05) is 5.56 Å². The molecule has 0 aromatic heterocycles. The largest absolute Gasteiger partial charge is 0.481 e. The molecule has 5 heteroatoms. The molecule has 5 nitrogen and oxygen atoms in total. The predicted octanol–water partition coefficient (Wildman–Crippen LogP) is 1.31. The molecule has 1 aromatic carbocycles. The first kappa shape index (κ1) is 13.1. The number of carbonyl (C=O) groups excluding carboxylic acids is 2. The second-order valence-corrected chi connectivity index (χ2v) is 4.10. The number of methoxy groups -OCH3 is 1. The number of amides is 1. The Labute approximate surface area is 111 Å². The van der Waals surface area contributed by atoms with Crippen LogP contribution >= 0.6 is 0 Å². The van der Waals surface area contributed by atoms with E-state index < -0.39 is 5.97 Å². The Kier molecular flexibility index (Phi) is 3.85. The molecule has 0 bridgehead atoms. The fraction of sp³-hybridized carbons (Fsp3) is 0.286. The lowest BCUT2D eigenvalue weighted by Gasteiger charge is -2.29. The van der Waals surface area contributed by atoms with E-state index in [1.165, 1.54) is 12.0 Å². The van der Waals surface area contributed by atoms with Crippen LogP contribution in [0.5, 0.6) is 5.75 Å². The highest BCUT2D eigenvalue weighted by Crippen LogP contribution is 2.35. The zero-order valence-corrected chi connectivity index (χ0v) is 10.7. The van der Waals surface area contributed by atoms with E-state index >= 15 is 0 Å². The van der Waals surface area contributed by atoms with Crippen molar-refractivity contribution in [2.45, 2.75) is 6.42 Å². The zero-order chi connectivity index (χ0) is 13.8. The van der Waals surface area contributed by atoms with Crippen molar-refractivity contribution in [3.05, 3.63) is 36.4 Å². The van der Waals surface area contributed by atoms with Gasteiger partial charge in [-0.1, -0.05) is 18.2 Å². The molecule has 2 rings (SSSR count). The molecular formula is C14H15NO4. The number of ether oxygens (including phenoxy) is 2. The molecule has 1 aromatic rings. The highest BCUT2D eigenvalue weighted by molar-refractivity contribution is 6.01. The van der Waals surface area contributed by atoms with Gasteiger partial charge in [-0.15, -0.1) is 6.58 Å². The molecule has 1 heterocycles. The van der Waals surface area contributed by atoms with Gasteiger partial charge >= 0.3 is 5.97 Å². The number of hydrogen-bond acceptors (Lipinski definition) is 4. The highest BCUT2D eigenvalue weighted by atomic mass is 16.5. The predicted molar refractivity (Wildman–Crippen MR) is 70.2 cm³/mol. The maximum absolute atomic E-state index is 11.9. The number of rotatable bonds is 4.